The number of aliphatic imine (C=N–C) groups is 1. The van der Waals surface area contributed by atoms with Crippen LogP contribution in [-0.4, -0.2) is 34.3 Å². The highest BCUT2D eigenvalue weighted by molar-refractivity contribution is 14.0. The van der Waals surface area contributed by atoms with E-state index in [1.165, 1.54) is 16.5 Å². The van der Waals surface area contributed by atoms with E-state index < -0.39 is 0 Å². The first-order valence-corrected chi connectivity index (χ1v) is 8.24. The number of halogens is 1. The van der Waals surface area contributed by atoms with Gasteiger partial charge in [-0.15, -0.1) is 24.0 Å². The van der Waals surface area contributed by atoms with E-state index in [1.807, 2.05) is 17.8 Å². The second kappa shape index (κ2) is 9.45. The minimum Gasteiger partial charge on any atom is -0.361 e. The predicted molar refractivity (Wildman–Crippen MR) is 113 cm³/mol. The number of hydrogen-bond donors (Lipinski definition) is 3. The van der Waals surface area contributed by atoms with E-state index in [1.54, 1.807) is 13.2 Å². The minimum atomic E-state index is 0. The fraction of sp³-hybridized carbons (Fsp3) is 0.333. The van der Waals surface area contributed by atoms with Crippen LogP contribution in [-0.2, 0) is 20.0 Å². The van der Waals surface area contributed by atoms with E-state index >= 15 is 0 Å². The number of H-pyrrole nitrogens is 1. The fourth-order valence-electron chi connectivity index (χ4n) is 2.79. The van der Waals surface area contributed by atoms with Crippen molar-refractivity contribution in [1.29, 1.82) is 0 Å². The molecule has 6 nitrogen and oxygen atoms in total. The molecule has 7 heteroatoms. The average molecular weight is 452 g/mol. The van der Waals surface area contributed by atoms with E-state index in [-0.39, 0.29) is 24.0 Å². The van der Waals surface area contributed by atoms with Crippen molar-refractivity contribution in [3.63, 3.8) is 0 Å². The van der Waals surface area contributed by atoms with Gasteiger partial charge in [-0.05, 0) is 30.5 Å². The maximum atomic E-state index is 4.26. The van der Waals surface area contributed by atoms with Crippen LogP contribution >= 0.6 is 24.0 Å². The summed E-state index contributed by atoms with van der Waals surface area (Å²) >= 11 is 0. The molecule has 3 aromatic rings. The van der Waals surface area contributed by atoms with E-state index in [0.29, 0.717) is 6.54 Å². The monoisotopic (exact) mass is 452 g/mol. The summed E-state index contributed by atoms with van der Waals surface area (Å²) in [7, 11) is 3.73. The Hall–Kier alpha value is -2.03. The van der Waals surface area contributed by atoms with Crippen LogP contribution in [0.15, 0.2) is 47.7 Å². The average Bonchev–Trinajstić information content (AvgIpc) is 3.21. The number of aromatic nitrogens is 3. The summed E-state index contributed by atoms with van der Waals surface area (Å²) in [5.74, 6) is 0.815. The number of benzene rings is 1. The number of nitrogens with zero attached hydrogens (tertiary/aromatic N) is 3. The Kier molecular flexibility index (Phi) is 7.30. The van der Waals surface area contributed by atoms with Gasteiger partial charge in [0.15, 0.2) is 5.96 Å². The molecule has 0 fully saturated rings. The van der Waals surface area contributed by atoms with Crippen LogP contribution < -0.4 is 10.6 Å². The standard InChI is InChI=1S/C18H24N6.HI/c1-19-18(22-13-15-9-11-23-24(15)2)20-10-5-6-14-12-21-17-8-4-3-7-16(14)17;/h3-4,7-9,11-12,21H,5-6,10,13H2,1-2H3,(H2,19,20,22);1H. The molecule has 0 amide bonds. The van der Waals surface area contributed by atoms with Gasteiger partial charge in [0.05, 0.1) is 12.2 Å². The fourth-order valence-corrected chi connectivity index (χ4v) is 2.79. The second-order valence-corrected chi connectivity index (χ2v) is 5.76. The number of nitrogens with one attached hydrogen (secondary N) is 3. The Morgan fingerprint density at radius 2 is 2.08 bits per heavy atom. The molecule has 0 saturated heterocycles. The normalized spacial score (nSPS) is 11.4. The SMILES string of the molecule is CN=C(NCCCc1c[nH]c2ccccc12)NCc1ccnn1C.I. The van der Waals surface area contributed by atoms with Gasteiger partial charge in [0, 0.05) is 43.9 Å². The molecule has 25 heavy (non-hydrogen) atoms. The highest BCUT2D eigenvalue weighted by atomic mass is 127. The molecule has 0 aliphatic rings. The zero-order valence-electron chi connectivity index (χ0n) is 14.6. The van der Waals surface area contributed by atoms with Gasteiger partial charge in [-0.3, -0.25) is 9.67 Å². The molecule has 3 rings (SSSR count). The molecular weight excluding hydrogens is 427 g/mol. The van der Waals surface area contributed by atoms with Crippen molar-refractivity contribution in [2.45, 2.75) is 19.4 Å². The molecule has 0 bridgehead atoms. The van der Waals surface area contributed by atoms with Gasteiger partial charge in [0.25, 0.3) is 0 Å². The van der Waals surface area contributed by atoms with Gasteiger partial charge in [0.2, 0.25) is 0 Å². The maximum absolute atomic E-state index is 4.26. The Bertz CT molecular complexity index is 820. The van der Waals surface area contributed by atoms with Crippen molar-refractivity contribution >= 4 is 40.8 Å². The Labute approximate surface area is 165 Å². The van der Waals surface area contributed by atoms with Crippen LogP contribution in [0.25, 0.3) is 10.9 Å². The summed E-state index contributed by atoms with van der Waals surface area (Å²) in [6.07, 6.45) is 6.00. The number of guanidine groups is 1. The van der Waals surface area contributed by atoms with Crippen molar-refractivity contribution in [3.05, 3.63) is 54.0 Å². The molecule has 0 saturated carbocycles. The van der Waals surface area contributed by atoms with Crippen molar-refractivity contribution in [3.8, 4) is 0 Å². The zero-order valence-corrected chi connectivity index (χ0v) is 17.0. The van der Waals surface area contributed by atoms with E-state index in [2.05, 4.69) is 56.2 Å². The maximum Gasteiger partial charge on any atom is 0.191 e. The lowest BCUT2D eigenvalue weighted by Gasteiger charge is -2.11. The predicted octanol–water partition coefficient (Wildman–Crippen LogP) is 2.82. The third-order valence-corrected chi connectivity index (χ3v) is 4.17. The second-order valence-electron chi connectivity index (χ2n) is 5.76. The number of hydrogen-bond acceptors (Lipinski definition) is 2. The molecule has 0 aliphatic carbocycles. The molecule has 2 heterocycles. The van der Waals surface area contributed by atoms with Crippen LogP contribution in [0.5, 0.6) is 0 Å². The number of fused-ring (bicyclic) bond motifs is 1. The van der Waals surface area contributed by atoms with E-state index in [4.69, 9.17) is 0 Å². The molecular formula is C18H25IN6. The van der Waals surface area contributed by atoms with Gasteiger partial charge in [0.1, 0.15) is 0 Å². The van der Waals surface area contributed by atoms with Gasteiger partial charge in [-0.25, -0.2) is 0 Å². The highest BCUT2D eigenvalue weighted by Gasteiger charge is 2.04. The molecule has 0 radical (unpaired) electrons. The third-order valence-electron chi connectivity index (χ3n) is 4.17. The van der Waals surface area contributed by atoms with Crippen molar-refractivity contribution in [1.82, 2.24) is 25.4 Å². The first-order valence-electron chi connectivity index (χ1n) is 8.24. The number of rotatable bonds is 6. The quantitative estimate of drug-likeness (QED) is 0.233. The number of aryl methyl sites for hydroxylation is 2. The summed E-state index contributed by atoms with van der Waals surface area (Å²) in [4.78, 5) is 7.59. The molecule has 2 aromatic heterocycles. The van der Waals surface area contributed by atoms with Crippen LogP contribution in [0.3, 0.4) is 0 Å². The number of aromatic amines is 1. The Balaban J connectivity index is 0.00000225. The molecule has 3 N–H and O–H groups in total. The minimum absolute atomic E-state index is 0. The van der Waals surface area contributed by atoms with Crippen molar-refractivity contribution < 1.29 is 0 Å². The lowest BCUT2D eigenvalue weighted by Crippen LogP contribution is -2.37. The first kappa shape index (κ1) is 19.3. The largest absolute Gasteiger partial charge is 0.361 e. The summed E-state index contributed by atoms with van der Waals surface area (Å²) in [6.45, 7) is 1.59. The van der Waals surface area contributed by atoms with Crippen LogP contribution in [0.1, 0.15) is 17.7 Å². The summed E-state index contributed by atoms with van der Waals surface area (Å²) in [5, 5.41) is 12.1. The van der Waals surface area contributed by atoms with Crippen molar-refractivity contribution in [2.75, 3.05) is 13.6 Å². The molecule has 1 aromatic carbocycles. The topological polar surface area (TPSA) is 70.0 Å². The zero-order chi connectivity index (χ0) is 16.8. The lowest BCUT2D eigenvalue weighted by molar-refractivity contribution is 0.680. The van der Waals surface area contributed by atoms with E-state index in [0.717, 1.165) is 31.0 Å². The molecule has 134 valence electrons. The number of para-hydroxylation sites is 1. The van der Waals surface area contributed by atoms with Gasteiger partial charge in [-0.2, -0.15) is 5.10 Å². The third kappa shape index (κ3) is 4.97. The van der Waals surface area contributed by atoms with Gasteiger partial charge in [-0.1, -0.05) is 18.2 Å². The Morgan fingerprint density at radius 3 is 2.84 bits per heavy atom. The van der Waals surface area contributed by atoms with Gasteiger partial charge < -0.3 is 15.6 Å². The molecule has 0 aliphatic heterocycles. The lowest BCUT2D eigenvalue weighted by atomic mass is 10.1. The smallest absolute Gasteiger partial charge is 0.191 e. The summed E-state index contributed by atoms with van der Waals surface area (Å²) in [5.41, 5.74) is 3.69. The van der Waals surface area contributed by atoms with Crippen molar-refractivity contribution in [2.24, 2.45) is 12.0 Å². The summed E-state index contributed by atoms with van der Waals surface area (Å²) < 4.78 is 1.86. The molecule has 0 atom stereocenters. The highest BCUT2D eigenvalue weighted by Crippen LogP contribution is 2.18. The molecule has 0 unspecified atom stereocenters. The first-order chi connectivity index (χ1) is 11.8. The summed E-state index contributed by atoms with van der Waals surface area (Å²) in [6, 6.07) is 10.4. The van der Waals surface area contributed by atoms with E-state index in [9.17, 15) is 0 Å². The Morgan fingerprint density at radius 1 is 1.24 bits per heavy atom. The van der Waals surface area contributed by atoms with Gasteiger partial charge >= 0.3 is 0 Å². The molecule has 0 spiro atoms. The van der Waals surface area contributed by atoms with Crippen LogP contribution in [0, 0.1) is 0 Å². The van der Waals surface area contributed by atoms with Crippen LogP contribution in [0.2, 0.25) is 0 Å². The van der Waals surface area contributed by atoms with Crippen LogP contribution in [0.4, 0.5) is 0 Å².